The molecule has 1 atom stereocenters. The Morgan fingerprint density at radius 2 is 1.25 bits per heavy atom. The number of carbonyl (C=O) groups is 3. The summed E-state index contributed by atoms with van der Waals surface area (Å²) in [4.78, 5) is 38.5. The maximum Gasteiger partial charge on any atom is 0.335 e. The molecular weight excluding hydrogens is 453 g/mol. The van der Waals surface area contributed by atoms with Crippen molar-refractivity contribution < 1.29 is 24.6 Å². The van der Waals surface area contributed by atoms with Gasteiger partial charge in [-0.3, -0.25) is 14.5 Å². The van der Waals surface area contributed by atoms with Crippen molar-refractivity contribution in [1.29, 1.82) is 0 Å². The van der Waals surface area contributed by atoms with Gasteiger partial charge in [0, 0.05) is 21.3 Å². The van der Waals surface area contributed by atoms with Crippen LogP contribution in [-0.4, -0.2) is 27.9 Å². The number of aromatic carboxylic acids is 1. The topological polar surface area (TPSA) is 94.9 Å². The van der Waals surface area contributed by atoms with Gasteiger partial charge in [0.2, 0.25) is 0 Å². The fourth-order valence-electron chi connectivity index (χ4n) is 3.59. The molecule has 160 valence electrons. The van der Waals surface area contributed by atoms with Crippen molar-refractivity contribution in [3.63, 3.8) is 0 Å². The summed E-state index contributed by atoms with van der Waals surface area (Å²) in [6.07, 6.45) is 0. The number of aliphatic hydroxyl groups excluding tert-OH is 1. The molecule has 0 bridgehead atoms. The molecule has 32 heavy (non-hydrogen) atoms. The molecule has 1 amide bonds. The number of anilines is 1. The van der Waals surface area contributed by atoms with Crippen molar-refractivity contribution in [3.8, 4) is 0 Å². The zero-order valence-electron chi connectivity index (χ0n) is 16.3. The van der Waals surface area contributed by atoms with Gasteiger partial charge in [0.25, 0.3) is 11.7 Å². The van der Waals surface area contributed by atoms with Crippen molar-refractivity contribution in [1.82, 2.24) is 0 Å². The Morgan fingerprint density at radius 1 is 0.750 bits per heavy atom. The molecule has 1 heterocycles. The van der Waals surface area contributed by atoms with Crippen molar-refractivity contribution in [2.75, 3.05) is 4.90 Å². The molecule has 8 heteroatoms. The third kappa shape index (κ3) is 3.86. The molecule has 3 aromatic rings. The molecular formula is C24H15Cl2NO5. The Kier molecular flexibility index (Phi) is 5.74. The van der Waals surface area contributed by atoms with E-state index in [0.29, 0.717) is 26.9 Å². The van der Waals surface area contributed by atoms with E-state index in [4.69, 9.17) is 28.3 Å². The molecule has 3 aromatic carbocycles. The standard InChI is InChI=1S/C24H15Cl2NO5/c25-16-7-1-13(2-8-16)20-19(21(28)14-3-9-17(26)10-4-14)22(29)23(30)27(20)18-11-5-15(6-12-18)24(31)32/h1-12,20,28H,(H,31,32)/b21-19+/t20-/m1/s1. The molecule has 0 aliphatic carbocycles. The highest BCUT2D eigenvalue weighted by molar-refractivity contribution is 6.51. The van der Waals surface area contributed by atoms with Crippen LogP contribution in [0.1, 0.15) is 27.5 Å². The first-order chi connectivity index (χ1) is 15.3. The second-order valence-corrected chi connectivity index (χ2v) is 7.95. The molecule has 0 unspecified atom stereocenters. The lowest BCUT2D eigenvalue weighted by molar-refractivity contribution is -0.132. The second kappa shape index (κ2) is 8.49. The van der Waals surface area contributed by atoms with Crippen LogP contribution < -0.4 is 4.90 Å². The molecule has 4 rings (SSSR count). The smallest absolute Gasteiger partial charge is 0.335 e. The normalized spacial score (nSPS) is 17.6. The van der Waals surface area contributed by atoms with E-state index in [1.165, 1.54) is 29.2 Å². The summed E-state index contributed by atoms with van der Waals surface area (Å²) in [6, 6.07) is 17.4. The van der Waals surface area contributed by atoms with E-state index in [-0.39, 0.29) is 16.9 Å². The van der Waals surface area contributed by atoms with E-state index < -0.39 is 23.7 Å². The molecule has 1 aliphatic heterocycles. The average Bonchev–Trinajstić information content (AvgIpc) is 3.05. The fourth-order valence-corrected chi connectivity index (χ4v) is 3.84. The van der Waals surface area contributed by atoms with Gasteiger partial charge in [0.15, 0.2) is 0 Å². The quantitative estimate of drug-likeness (QED) is 0.307. The van der Waals surface area contributed by atoms with Crippen LogP contribution >= 0.6 is 23.2 Å². The molecule has 6 nitrogen and oxygen atoms in total. The number of carboxylic acid groups (broad SMARTS) is 1. The lowest BCUT2D eigenvalue weighted by atomic mass is 9.95. The van der Waals surface area contributed by atoms with E-state index in [0.717, 1.165) is 0 Å². The van der Waals surface area contributed by atoms with Crippen LogP contribution in [0.5, 0.6) is 0 Å². The number of aliphatic hydroxyl groups is 1. The number of ketones is 1. The number of halogens is 2. The summed E-state index contributed by atoms with van der Waals surface area (Å²) in [5.74, 6) is -3.16. The van der Waals surface area contributed by atoms with Gasteiger partial charge in [-0.25, -0.2) is 4.79 Å². The maximum absolute atomic E-state index is 13.0. The minimum atomic E-state index is -1.12. The van der Waals surface area contributed by atoms with Crippen LogP contribution in [0.25, 0.3) is 5.76 Å². The van der Waals surface area contributed by atoms with Crippen molar-refractivity contribution >= 4 is 52.3 Å². The fraction of sp³-hybridized carbons (Fsp3) is 0.0417. The van der Waals surface area contributed by atoms with Gasteiger partial charge in [0.05, 0.1) is 17.2 Å². The van der Waals surface area contributed by atoms with Crippen molar-refractivity contribution in [3.05, 3.63) is 105 Å². The Labute approximate surface area is 192 Å². The summed E-state index contributed by atoms with van der Waals surface area (Å²) < 4.78 is 0. The first-order valence-electron chi connectivity index (χ1n) is 9.43. The summed E-state index contributed by atoms with van der Waals surface area (Å²) in [6.45, 7) is 0. The average molecular weight is 468 g/mol. The van der Waals surface area contributed by atoms with Gasteiger partial charge in [-0.1, -0.05) is 35.3 Å². The summed E-state index contributed by atoms with van der Waals surface area (Å²) in [5, 5.41) is 21.1. The lowest BCUT2D eigenvalue weighted by Crippen LogP contribution is -2.29. The number of Topliss-reactive ketones (excluding diaryl/α,β-unsaturated/α-hetero) is 1. The number of carbonyl (C=O) groups excluding carboxylic acids is 2. The lowest BCUT2D eigenvalue weighted by Gasteiger charge is -2.25. The number of carboxylic acids is 1. The monoisotopic (exact) mass is 467 g/mol. The Morgan fingerprint density at radius 3 is 1.78 bits per heavy atom. The molecule has 0 aromatic heterocycles. The van der Waals surface area contributed by atoms with Crippen LogP contribution in [-0.2, 0) is 9.59 Å². The van der Waals surface area contributed by atoms with Gasteiger partial charge in [0.1, 0.15) is 5.76 Å². The molecule has 0 radical (unpaired) electrons. The molecule has 1 fully saturated rings. The second-order valence-electron chi connectivity index (χ2n) is 7.08. The van der Waals surface area contributed by atoms with Crippen LogP contribution in [0.4, 0.5) is 5.69 Å². The zero-order chi connectivity index (χ0) is 23.0. The minimum absolute atomic E-state index is 0.0366. The number of hydrogen-bond donors (Lipinski definition) is 2. The highest BCUT2D eigenvalue weighted by Gasteiger charge is 2.46. The maximum atomic E-state index is 13.0. The van der Waals surface area contributed by atoms with E-state index >= 15 is 0 Å². The Balaban J connectivity index is 1.91. The Hall–Kier alpha value is -3.61. The molecule has 1 aliphatic rings. The predicted octanol–water partition coefficient (Wildman–Crippen LogP) is 5.32. The van der Waals surface area contributed by atoms with E-state index in [2.05, 4.69) is 0 Å². The number of benzene rings is 3. The summed E-state index contributed by atoms with van der Waals surface area (Å²) in [5.41, 5.74) is 1.13. The molecule has 1 saturated heterocycles. The number of nitrogens with zero attached hydrogens (tertiary/aromatic N) is 1. The summed E-state index contributed by atoms with van der Waals surface area (Å²) >= 11 is 11.9. The van der Waals surface area contributed by atoms with E-state index in [1.54, 1.807) is 48.5 Å². The minimum Gasteiger partial charge on any atom is -0.507 e. The number of rotatable bonds is 4. The molecule has 2 N–H and O–H groups in total. The van der Waals surface area contributed by atoms with Crippen LogP contribution in [0.2, 0.25) is 10.0 Å². The zero-order valence-corrected chi connectivity index (χ0v) is 17.8. The third-order valence-electron chi connectivity index (χ3n) is 5.14. The SMILES string of the molecule is O=C1C(=O)N(c2ccc(C(=O)O)cc2)[C@H](c2ccc(Cl)cc2)/C1=C(\O)c1ccc(Cl)cc1. The molecule has 0 saturated carbocycles. The van der Waals surface area contributed by atoms with Gasteiger partial charge in [-0.05, 0) is 66.2 Å². The number of amides is 1. The predicted molar refractivity (Wildman–Crippen MR) is 121 cm³/mol. The van der Waals surface area contributed by atoms with Gasteiger partial charge in [-0.2, -0.15) is 0 Å². The van der Waals surface area contributed by atoms with Gasteiger partial charge in [-0.15, -0.1) is 0 Å². The third-order valence-corrected chi connectivity index (χ3v) is 5.64. The van der Waals surface area contributed by atoms with Crippen molar-refractivity contribution in [2.45, 2.75) is 6.04 Å². The largest absolute Gasteiger partial charge is 0.507 e. The summed E-state index contributed by atoms with van der Waals surface area (Å²) in [7, 11) is 0. The van der Waals surface area contributed by atoms with Crippen LogP contribution in [0.15, 0.2) is 78.4 Å². The molecule has 0 spiro atoms. The van der Waals surface area contributed by atoms with Crippen molar-refractivity contribution in [2.24, 2.45) is 0 Å². The number of hydrogen-bond acceptors (Lipinski definition) is 4. The highest BCUT2D eigenvalue weighted by Crippen LogP contribution is 2.42. The Bertz CT molecular complexity index is 1250. The first kappa shape index (κ1) is 21.6. The van der Waals surface area contributed by atoms with E-state index in [9.17, 15) is 19.5 Å². The van der Waals surface area contributed by atoms with Gasteiger partial charge >= 0.3 is 5.97 Å². The highest BCUT2D eigenvalue weighted by atomic mass is 35.5. The van der Waals surface area contributed by atoms with Crippen LogP contribution in [0.3, 0.4) is 0 Å². The first-order valence-corrected chi connectivity index (χ1v) is 10.2. The van der Waals surface area contributed by atoms with Crippen LogP contribution in [0, 0.1) is 0 Å². The van der Waals surface area contributed by atoms with E-state index in [1.807, 2.05) is 0 Å². The van der Waals surface area contributed by atoms with Gasteiger partial charge < -0.3 is 10.2 Å².